The predicted molar refractivity (Wildman–Crippen MR) is 87.5 cm³/mol. The molecule has 0 saturated carbocycles. The number of pyridine rings is 1. The van der Waals surface area contributed by atoms with E-state index in [2.05, 4.69) is 10.3 Å². The molecule has 2 aromatic heterocycles. The van der Waals surface area contributed by atoms with Crippen LogP contribution < -0.4 is 10.1 Å². The summed E-state index contributed by atoms with van der Waals surface area (Å²) in [5, 5.41) is 4.98. The molecule has 0 radical (unpaired) electrons. The summed E-state index contributed by atoms with van der Waals surface area (Å²) >= 11 is 1.62. The van der Waals surface area contributed by atoms with Crippen molar-refractivity contribution in [3.05, 3.63) is 53.5 Å². The highest BCUT2D eigenvalue weighted by atomic mass is 32.1. The number of benzene rings is 1. The molecule has 4 nitrogen and oxygen atoms in total. The number of para-hydroxylation sites is 1. The molecule has 1 atom stereocenters. The summed E-state index contributed by atoms with van der Waals surface area (Å²) in [4.78, 5) is 17.0. The highest BCUT2D eigenvalue weighted by Crippen LogP contribution is 2.34. The van der Waals surface area contributed by atoms with Crippen LogP contribution in [0, 0.1) is 0 Å². The second-order valence-corrected chi connectivity index (χ2v) is 6.19. The van der Waals surface area contributed by atoms with Gasteiger partial charge in [-0.25, -0.2) is 0 Å². The number of amides is 1. The highest BCUT2D eigenvalue weighted by Gasteiger charge is 2.27. The minimum atomic E-state index is -0.177. The van der Waals surface area contributed by atoms with Gasteiger partial charge in [-0.1, -0.05) is 18.2 Å². The Balaban J connectivity index is 1.60. The van der Waals surface area contributed by atoms with E-state index < -0.39 is 0 Å². The van der Waals surface area contributed by atoms with E-state index in [1.54, 1.807) is 17.5 Å². The van der Waals surface area contributed by atoms with Crippen molar-refractivity contribution in [3.63, 3.8) is 0 Å². The molecule has 1 unspecified atom stereocenters. The van der Waals surface area contributed by atoms with Gasteiger partial charge in [-0.15, -0.1) is 11.3 Å². The lowest BCUT2D eigenvalue weighted by Crippen LogP contribution is -2.26. The first-order valence-corrected chi connectivity index (χ1v) is 8.05. The molecule has 0 spiro atoms. The maximum absolute atomic E-state index is 12.6. The van der Waals surface area contributed by atoms with Crippen LogP contribution in [0.3, 0.4) is 0 Å². The molecule has 3 heterocycles. The van der Waals surface area contributed by atoms with Crippen molar-refractivity contribution in [2.45, 2.75) is 12.3 Å². The smallest absolute Gasteiger partial charge is 0.232 e. The average Bonchev–Trinajstić information content (AvgIpc) is 3.02. The summed E-state index contributed by atoms with van der Waals surface area (Å²) in [6.07, 6.45) is 2.40. The van der Waals surface area contributed by atoms with Gasteiger partial charge in [0.2, 0.25) is 5.91 Å². The van der Waals surface area contributed by atoms with Crippen molar-refractivity contribution in [1.82, 2.24) is 4.98 Å². The summed E-state index contributed by atoms with van der Waals surface area (Å²) in [5.74, 6) is 0.623. The number of hydrogen-bond donors (Lipinski definition) is 1. The second kappa shape index (κ2) is 5.42. The van der Waals surface area contributed by atoms with E-state index in [0.29, 0.717) is 13.0 Å². The molecular weight excluding hydrogens is 296 g/mol. The third kappa shape index (κ3) is 2.33. The number of anilines is 1. The quantitative estimate of drug-likeness (QED) is 0.783. The molecule has 22 heavy (non-hydrogen) atoms. The SMILES string of the molecule is O=C(Nc1cnc2ccsc2c1)C1CCOc2ccccc21. The first-order valence-electron chi connectivity index (χ1n) is 7.17. The Morgan fingerprint density at radius 1 is 1.32 bits per heavy atom. The van der Waals surface area contributed by atoms with Crippen molar-refractivity contribution in [3.8, 4) is 5.75 Å². The van der Waals surface area contributed by atoms with E-state index in [9.17, 15) is 4.79 Å². The molecule has 1 aliphatic rings. The maximum Gasteiger partial charge on any atom is 0.232 e. The number of nitrogens with zero attached hydrogens (tertiary/aromatic N) is 1. The first kappa shape index (κ1) is 13.3. The van der Waals surface area contributed by atoms with Crippen LogP contribution in [-0.2, 0) is 4.79 Å². The molecule has 0 aliphatic carbocycles. The van der Waals surface area contributed by atoms with Gasteiger partial charge in [0.1, 0.15) is 5.75 Å². The fraction of sp³-hybridized carbons (Fsp3) is 0.176. The Morgan fingerprint density at radius 3 is 3.18 bits per heavy atom. The Morgan fingerprint density at radius 2 is 2.23 bits per heavy atom. The van der Waals surface area contributed by atoms with Crippen LogP contribution in [0.4, 0.5) is 5.69 Å². The zero-order chi connectivity index (χ0) is 14.9. The Hall–Kier alpha value is -2.40. The van der Waals surface area contributed by atoms with Gasteiger partial charge in [-0.05, 0) is 30.0 Å². The number of carbonyl (C=O) groups is 1. The highest BCUT2D eigenvalue weighted by molar-refractivity contribution is 7.17. The van der Waals surface area contributed by atoms with E-state index in [1.807, 2.05) is 41.8 Å². The lowest BCUT2D eigenvalue weighted by molar-refractivity contribution is -0.118. The number of rotatable bonds is 2. The van der Waals surface area contributed by atoms with Gasteiger partial charge < -0.3 is 10.1 Å². The summed E-state index contributed by atoms with van der Waals surface area (Å²) < 4.78 is 6.68. The van der Waals surface area contributed by atoms with Crippen LogP contribution in [0.1, 0.15) is 17.9 Å². The zero-order valence-electron chi connectivity index (χ0n) is 11.8. The van der Waals surface area contributed by atoms with Crippen molar-refractivity contribution >= 4 is 33.1 Å². The largest absolute Gasteiger partial charge is 0.493 e. The Bertz CT molecular complexity index is 843. The predicted octanol–water partition coefficient (Wildman–Crippen LogP) is 3.80. The minimum Gasteiger partial charge on any atom is -0.493 e. The van der Waals surface area contributed by atoms with Gasteiger partial charge >= 0.3 is 0 Å². The third-order valence-electron chi connectivity index (χ3n) is 3.85. The molecule has 0 bridgehead atoms. The van der Waals surface area contributed by atoms with Crippen LogP contribution in [0.2, 0.25) is 0 Å². The molecule has 1 aliphatic heterocycles. The molecular formula is C17H14N2O2S. The third-order valence-corrected chi connectivity index (χ3v) is 4.70. The average molecular weight is 310 g/mol. The van der Waals surface area contributed by atoms with Gasteiger partial charge in [0.25, 0.3) is 0 Å². The number of ether oxygens (including phenoxy) is 1. The van der Waals surface area contributed by atoms with E-state index in [0.717, 1.165) is 27.2 Å². The van der Waals surface area contributed by atoms with Gasteiger partial charge in [0, 0.05) is 5.56 Å². The number of carbonyl (C=O) groups excluding carboxylic acids is 1. The fourth-order valence-electron chi connectivity index (χ4n) is 2.76. The van der Waals surface area contributed by atoms with Crippen LogP contribution >= 0.6 is 11.3 Å². The van der Waals surface area contributed by atoms with Crippen molar-refractivity contribution in [1.29, 1.82) is 0 Å². The van der Waals surface area contributed by atoms with E-state index in [4.69, 9.17) is 4.74 Å². The zero-order valence-corrected chi connectivity index (χ0v) is 12.6. The van der Waals surface area contributed by atoms with Crippen molar-refractivity contribution in [2.24, 2.45) is 0 Å². The number of fused-ring (bicyclic) bond motifs is 2. The summed E-state index contributed by atoms with van der Waals surface area (Å²) in [5.41, 5.74) is 2.65. The number of nitrogens with one attached hydrogen (secondary N) is 1. The summed E-state index contributed by atoms with van der Waals surface area (Å²) in [6.45, 7) is 0.567. The lowest BCUT2D eigenvalue weighted by Gasteiger charge is -2.25. The molecule has 1 N–H and O–H groups in total. The summed E-state index contributed by atoms with van der Waals surface area (Å²) in [6, 6.07) is 11.7. The molecule has 0 saturated heterocycles. The van der Waals surface area contributed by atoms with Crippen molar-refractivity contribution < 1.29 is 9.53 Å². The van der Waals surface area contributed by atoms with Crippen LogP contribution in [0.5, 0.6) is 5.75 Å². The molecule has 4 rings (SSSR count). The van der Waals surface area contributed by atoms with Gasteiger partial charge in [-0.2, -0.15) is 0 Å². The molecule has 1 amide bonds. The van der Waals surface area contributed by atoms with Crippen LogP contribution in [0.25, 0.3) is 10.2 Å². The van der Waals surface area contributed by atoms with E-state index in [-0.39, 0.29) is 11.8 Å². The number of aromatic nitrogens is 1. The first-order chi connectivity index (χ1) is 10.8. The van der Waals surface area contributed by atoms with Gasteiger partial charge in [-0.3, -0.25) is 9.78 Å². The monoisotopic (exact) mass is 310 g/mol. The molecule has 0 fully saturated rings. The van der Waals surface area contributed by atoms with E-state index in [1.165, 1.54) is 0 Å². The molecule has 5 heteroatoms. The molecule has 110 valence electrons. The number of hydrogen-bond acceptors (Lipinski definition) is 4. The molecule has 3 aromatic rings. The van der Waals surface area contributed by atoms with E-state index >= 15 is 0 Å². The van der Waals surface area contributed by atoms with Crippen molar-refractivity contribution in [2.75, 3.05) is 11.9 Å². The maximum atomic E-state index is 12.6. The number of thiophene rings is 1. The second-order valence-electron chi connectivity index (χ2n) is 5.24. The van der Waals surface area contributed by atoms with Crippen LogP contribution in [0.15, 0.2) is 48.0 Å². The fourth-order valence-corrected chi connectivity index (χ4v) is 3.54. The minimum absolute atomic E-state index is 0.00606. The standard InChI is InChI=1S/C17H14N2O2S/c20-17(13-5-7-21-15-4-2-1-3-12(13)15)19-11-9-16-14(18-10-11)6-8-22-16/h1-4,6,8-10,13H,5,7H2,(H,19,20). The lowest BCUT2D eigenvalue weighted by atomic mass is 9.92. The van der Waals surface area contributed by atoms with Gasteiger partial charge in [0.05, 0.1) is 34.6 Å². The topological polar surface area (TPSA) is 51.2 Å². The van der Waals surface area contributed by atoms with Crippen LogP contribution in [-0.4, -0.2) is 17.5 Å². The molecule has 1 aromatic carbocycles. The summed E-state index contributed by atoms with van der Waals surface area (Å²) in [7, 11) is 0. The Kier molecular flexibility index (Phi) is 3.27. The Labute approximate surface area is 131 Å². The normalized spacial score (nSPS) is 16.8. The van der Waals surface area contributed by atoms with Gasteiger partial charge in [0.15, 0.2) is 0 Å².